The molecule has 0 bridgehead atoms. The Morgan fingerprint density at radius 2 is 2.09 bits per heavy atom. The summed E-state index contributed by atoms with van der Waals surface area (Å²) in [6.07, 6.45) is 7.52. The van der Waals surface area contributed by atoms with Crippen LogP contribution in [0.1, 0.15) is 40.4 Å². The van der Waals surface area contributed by atoms with Gasteiger partial charge >= 0.3 is 0 Å². The topological polar surface area (TPSA) is 112 Å². The van der Waals surface area contributed by atoms with Crippen LogP contribution in [0.25, 0.3) is 21.9 Å². The fraction of sp³-hybridized carbons (Fsp3) is 0.333. The van der Waals surface area contributed by atoms with Crippen molar-refractivity contribution in [1.29, 1.82) is 0 Å². The highest BCUT2D eigenvalue weighted by atomic mass is 127. The SMILES string of the molecule is CCS(=O)(=O)C1=CC=CC(I)(c2cc(C(=O)NCCO)c(C)c3[nH]c4ncc(C)cc4c23)C1. The summed E-state index contributed by atoms with van der Waals surface area (Å²) in [5.74, 6) is -0.252. The Morgan fingerprint density at radius 3 is 2.79 bits per heavy atom. The fourth-order valence-electron chi connectivity index (χ4n) is 4.29. The van der Waals surface area contributed by atoms with Crippen molar-refractivity contribution in [1.82, 2.24) is 15.3 Å². The molecular formula is C24H26IN3O4S. The number of allylic oxidation sites excluding steroid dienone is 4. The van der Waals surface area contributed by atoms with E-state index in [1.54, 1.807) is 25.3 Å². The molecule has 3 N–H and O–H groups in total. The number of alkyl halides is 1. The van der Waals surface area contributed by atoms with E-state index in [1.165, 1.54) is 0 Å². The zero-order chi connectivity index (χ0) is 24.0. The second-order valence-corrected chi connectivity index (χ2v) is 12.6. The van der Waals surface area contributed by atoms with E-state index in [1.807, 2.05) is 26.0 Å². The van der Waals surface area contributed by atoms with Crippen LogP contribution in [0, 0.1) is 13.8 Å². The number of aromatic nitrogens is 2. The molecule has 1 aliphatic carbocycles. The fourth-order valence-corrected chi connectivity index (χ4v) is 6.69. The number of amides is 1. The summed E-state index contributed by atoms with van der Waals surface area (Å²) in [4.78, 5) is 21.3. The van der Waals surface area contributed by atoms with Gasteiger partial charge in [-0.3, -0.25) is 4.79 Å². The van der Waals surface area contributed by atoms with Gasteiger partial charge in [-0.05, 0) is 48.7 Å². The molecular weight excluding hydrogens is 553 g/mol. The first-order valence-electron chi connectivity index (χ1n) is 10.7. The van der Waals surface area contributed by atoms with Crippen LogP contribution >= 0.6 is 22.6 Å². The van der Waals surface area contributed by atoms with E-state index in [0.29, 0.717) is 22.5 Å². The van der Waals surface area contributed by atoms with Crippen molar-refractivity contribution in [2.45, 2.75) is 30.6 Å². The van der Waals surface area contributed by atoms with Crippen molar-refractivity contribution in [3.8, 4) is 0 Å². The summed E-state index contributed by atoms with van der Waals surface area (Å²) < 4.78 is 24.7. The van der Waals surface area contributed by atoms with E-state index in [9.17, 15) is 13.2 Å². The van der Waals surface area contributed by atoms with Gasteiger partial charge in [-0.1, -0.05) is 41.7 Å². The Hall–Kier alpha value is -2.24. The molecule has 0 fully saturated rings. The first kappa shape index (κ1) is 23.9. The first-order valence-corrected chi connectivity index (χ1v) is 13.5. The van der Waals surface area contributed by atoms with E-state index >= 15 is 0 Å². The monoisotopic (exact) mass is 579 g/mol. The molecule has 3 aromatic rings. The molecule has 4 rings (SSSR count). The third kappa shape index (κ3) is 4.22. The largest absolute Gasteiger partial charge is 0.395 e. The molecule has 2 aromatic heterocycles. The molecule has 0 radical (unpaired) electrons. The van der Waals surface area contributed by atoms with E-state index < -0.39 is 13.3 Å². The van der Waals surface area contributed by atoms with Gasteiger partial charge < -0.3 is 15.4 Å². The number of aliphatic hydroxyl groups excluding tert-OH is 1. The van der Waals surface area contributed by atoms with Crippen molar-refractivity contribution >= 4 is 60.3 Å². The zero-order valence-electron chi connectivity index (χ0n) is 18.7. The smallest absolute Gasteiger partial charge is 0.251 e. The van der Waals surface area contributed by atoms with Gasteiger partial charge in [0.05, 0.1) is 21.3 Å². The highest BCUT2D eigenvalue weighted by Crippen LogP contribution is 2.48. The standard InChI is InChI=1S/C24H26IN3O4S/c1-4-33(31,32)16-6-5-7-24(25,12-16)19-11-17(23(30)26-8-9-29)15(3)21-20(19)18-10-14(2)13-27-22(18)28-21/h5-7,10-11,13,29H,4,8-9,12H2,1-3H3,(H,26,30)(H,27,28). The van der Waals surface area contributed by atoms with E-state index in [0.717, 1.165) is 33.0 Å². The van der Waals surface area contributed by atoms with Crippen LogP contribution in [0.5, 0.6) is 0 Å². The minimum absolute atomic E-state index is 0.0354. The van der Waals surface area contributed by atoms with Crippen LogP contribution in [0.3, 0.4) is 0 Å². The van der Waals surface area contributed by atoms with Crippen molar-refractivity contribution in [2.75, 3.05) is 18.9 Å². The first-order chi connectivity index (χ1) is 15.6. The average molecular weight is 579 g/mol. The number of halogens is 1. The van der Waals surface area contributed by atoms with Crippen LogP contribution in [0.4, 0.5) is 0 Å². The molecule has 0 saturated heterocycles. The maximum atomic E-state index is 13.0. The molecule has 0 spiro atoms. The number of aromatic amines is 1. The zero-order valence-corrected chi connectivity index (χ0v) is 21.7. The molecule has 1 unspecified atom stereocenters. The molecule has 174 valence electrons. The number of benzene rings is 1. The predicted molar refractivity (Wildman–Crippen MR) is 139 cm³/mol. The van der Waals surface area contributed by atoms with Crippen LogP contribution < -0.4 is 5.32 Å². The van der Waals surface area contributed by atoms with Gasteiger partial charge in [0.1, 0.15) is 5.65 Å². The van der Waals surface area contributed by atoms with Gasteiger partial charge in [0.2, 0.25) is 0 Å². The summed E-state index contributed by atoms with van der Waals surface area (Å²) in [6, 6.07) is 3.92. The number of fused-ring (bicyclic) bond motifs is 3. The summed E-state index contributed by atoms with van der Waals surface area (Å²) >= 11 is 2.30. The maximum absolute atomic E-state index is 13.0. The lowest BCUT2D eigenvalue weighted by molar-refractivity contribution is 0.0944. The molecule has 1 aliphatic rings. The van der Waals surface area contributed by atoms with E-state index in [2.05, 4.69) is 43.9 Å². The quantitative estimate of drug-likeness (QED) is 0.303. The van der Waals surface area contributed by atoms with Crippen LogP contribution in [0.2, 0.25) is 0 Å². The third-order valence-electron chi connectivity index (χ3n) is 6.07. The number of rotatable bonds is 6. The summed E-state index contributed by atoms with van der Waals surface area (Å²) in [6.45, 7) is 5.49. The van der Waals surface area contributed by atoms with Gasteiger partial charge in [0.25, 0.3) is 5.91 Å². The van der Waals surface area contributed by atoms with Crippen molar-refractivity contribution in [3.63, 3.8) is 0 Å². The lowest BCUT2D eigenvalue weighted by atomic mass is 9.86. The van der Waals surface area contributed by atoms with Gasteiger partial charge in [-0.2, -0.15) is 0 Å². The molecule has 33 heavy (non-hydrogen) atoms. The molecule has 9 heteroatoms. The van der Waals surface area contributed by atoms with Gasteiger partial charge in [0.15, 0.2) is 9.84 Å². The van der Waals surface area contributed by atoms with Crippen molar-refractivity contribution in [3.05, 3.63) is 63.7 Å². The number of carbonyl (C=O) groups excluding carboxylic acids is 1. The van der Waals surface area contributed by atoms with E-state index in [4.69, 9.17) is 5.11 Å². The van der Waals surface area contributed by atoms with Crippen molar-refractivity contribution < 1.29 is 18.3 Å². The Morgan fingerprint density at radius 1 is 1.33 bits per heavy atom. The molecule has 2 heterocycles. The second kappa shape index (κ2) is 8.84. The van der Waals surface area contributed by atoms with E-state index in [-0.39, 0.29) is 24.8 Å². The molecule has 7 nitrogen and oxygen atoms in total. The Labute approximate surface area is 206 Å². The molecule has 0 saturated carbocycles. The number of hydrogen-bond acceptors (Lipinski definition) is 5. The number of nitrogens with zero attached hydrogens (tertiary/aromatic N) is 1. The minimum atomic E-state index is -3.36. The maximum Gasteiger partial charge on any atom is 0.251 e. The predicted octanol–water partition coefficient (Wildman–Crippen LogP) is 3.96. The molecule has 1 aromatic carbocycles. The molecule has 0 aliphatic heterocycles. The van der Waals surface area contributed by atoms with Gasteiger partial charge in [-0.25, -0.2) is 13.4 Å². The summed E-state index contributed by atoms with van der Waals surface area (Å²) in [5.41, 5.74) is 4.63. The van der Waals surface area contributed by atoms with Crippen LogP contribution in [-0.4, -0.2) is 48.3 Å². The number of carbonyl (C=O) groups is 1. The van der Waals surface area contributed by atoms with Gasteiger partial charge in [0, 0.05) is 40.4 Å². The summed E-state index contributed by atoms with van der Waals surface area (Å²) in [5, 5.41) is 13.8. The number of aryl methyl sites for hydroxylation is 2. The highest BCUT2D eigenvalue weighted by molar-refractivity contribution is 14.1. The van der Waals surface area contributed by atoms with Crippen LogP contribution in [0.15, 0.2) is 41.5 Å². The van der Waals surface area contributed by atoms with Crippen molar-refractivity contribution in [2.24, 2.45) is 0 Å². The Bertz CT molecular complexity index is 1440. The summed E-state index contributed by atoms with van der Waals surface area (Å²) in [7, 11) is -3.36. The lowest BCUT2D eigenvalue weighted by Gasteiger charge is -2.30. The Balaban J connectivity index is 2.02. The normalized spacial score (nSPS) is 18.6. The average Bonchev–Trinajstić information content (AvgIpc) is 3.17. The second-order valence-electron chi connectivity index (χ2n) is 8.29. The highest BCUT2D eigenvalue weighted by Gasteiger charge is 2.36. The number of aliphatic hydroxyl groups is 1. The lowest BCUT2D eigenvalue weighted by Crippen LogP contribution is -2.28. The number of H-pyrrole nitrogens is 1. The molecule has 1 atom stereocenters. The molecule has 1 amide bonds. The number of sulfone groups is 1. The minimum Gasteiger partial charge on any atom is -0.395 e. The Kier molecular flexibility index (Phi) is 6.41. The van der Waals surface area contributed by atoms with Gasteiger partial charge in [-0.15, -0.1) is 0 Å². The third-order valence-corrected chi connectivity index (χ3v) is 9.23. The van der Waals surface area contributed by atoms with Crippen LogP contribution in [-0.2, 0) is 13.3 Å². The number of pyridine rings is 1. The number of hydrogen-bond donors (Lipinski definition) is 3. The number of nitrogens with one attached hydrogen (secondary N) is 2.